The molecule has 0 radical (unpaired) electrons. The quantitative estimate of drug-likeness (QED) is 0.819. The molecular weight excluding hydrogens is 236 g/mol. The zero-order chi connectivity index (χ0) is 9.14. The van der Waals surface area contributed by atoms with Crippen LogP contribution in [0.1, 0.15) is 25.6 Å². The van der Waals surface area contributed by atoms with Gasteiger partial charge in [0.25, 0.3) is 0 Å². The standard InChI is InChI=1S/C8H13BrN2S/c1-6(2)11-4-7(5-12-3)10-8(11)9/h4,6H,5H2,1-3H3. The molecule has 0 bridgehead atoms. The Morgan fingerprint density at radius 3 is 2.75 bits per heavy atom. The molecule has 1 aromatic heterocycles. The normalized spacial score (nSPS) is 11.1. The first-order valence-corrected chi connectivity index (χ1v) is 6.06. The van der Waals surface area contributed by atoms with Gasteiger partial charge in [-0.15, -0.1) is 0 Å². The van der Waals surface area contributed by atoms with Crippen LogP contribution in [-0.4, -0.2) is 15.8 Å². The maximum absolute atomic E-state index is 4.38. The molecule has 0 aliphatic carbocycles. The Morgan fingerprint density at radius 1 is 1.67 bits per heavy atom. The van der Waals surface area contributed by atoms with Gasteiger partial charge in [-0.05, 0) is 36.0 Å². The van der Waals surface area contributed by atoms with E-state index in [9.17, 15) is 0 Å². The molecule has 1 rings (SSSR count). The number of imidazole rings is 1. The van der Waals surface area contributed by atoms with Gasteiger partial charge in [0.05, 0.1) is 5.69 Å². The summed E-state index contributed by atoms with van der Waals surface area (Å²) < 4.78 is 3.06. The summed E-state index contributed by atoms with van der Waals surface area (Å²) in [7, 11) is 0. The van der Waals surface area contributed by atoms with Crippen molar-refractivity contribution in [2.45, 2.75) is 25.6 Å². The Balaban J connectivity index is 2.85. The summed E-state index contributed by atoms with van der Waals surface area (Å²) in [6.07, 6.45) is 4.19. The number of thioether (sulfide) groups is 1. The van der Waals surface area contributed by atoms with E-state index in [1.54, 1.807) is 11.8 Å². The van der Waals surface area contributed by atoms with Gasteiger partial charge in [-0.25, -0.2) is 4.98 Å². The SMILES string of the molecule is CSCc1cn(C(C)C)c(Br)n1. The molecule has 0 saturated heterocycles. The highest BCUT2D eigenvalue weighted by atomic mass is 79.9. The fourth-order valence-electron chi connectivity index (χ4n) is 0.998. The number of nitrogens with zero attached hydrogens (tertiary/aromatic N) is 2. The van der Waals surface area contributed by atoms with Crippen molar-refractivity contribution >= 4 is 27.7 Å². The summed E-state index contributed by atoms with van der Waals surface area (Å²) in [4.78, 5) is 4.38. The Labute approximate surface area is 85.9 Å². The molecule has 0 N–H and O–H groups in total. The van der Waals surface area contributed by atoms with Crippen molar-refractivity contribution < 1.29 is 0 Å². The largest absolute Gasteiger partial charge is 0.323 e. The van der Waals surface area contributed by atoms with Gasteiger partial charge in [0.1, 0.15) is 0 Å². The zero-order valence-electron chi connectivity index (χ0n) is 7.54. The van der Waals surface area contributed by atoms with Crippen molar-refractivity contribution in [1.82, 2.24) is 9.55 Å². The second-order valence-corrected chi connectivity index (χ2v) is 4.51. The summed E-state index contributed by atoms with van der Waals surface area (Å²) in [5, 5.41) is 0. The van der Waals surface area contributed by atoms with Crippen LogP contribution >= 0.6 is 27.7 Å². The van der Waals surface area contributed by atoms with Crippen LogP contribution < -0.4 is 0 Å². The van der Waals surface area contributed by atoms with Gasteiger partial charge in [-0.1, -0.05) is 0 Å². The first-order chi connectivity index (χ1) is 5.65. The first kappa shape index (κ1) is 10.1. The predicted octanol–water partition coefficient (Wildman–Crippen LogP) is 3.09. The highest BCUT2D eigenvalue weighted by molar-refractivity contribution is 9.10. The van der Waals surface area contributed by atoms with E-state index in [1.807, 2.05) is 0 Å². The molecular formula is C8H13BrN2S. The third kappa shape index (κ3) is 2.26. The molecule has 68 valence electrons. The Bertz CT molecular complexity index is 258. The minimum absolute atomic E-state index is 0.475. The first-order valence-electron chi connectivity index (χ1n) is 3.87. The van der Waals surface area contributed by atoms with Crippen molar-refractivity contribution in [3.05, 3.63) is 16.6 Å². The number of aromatic nitrogens is 2. The Morgan fingerprint density at radius 2 is 2.33 bits per heavy atom. The van der Waals surface area contributed by atoms with Crippen LogP contribution in [-0.2, 0) is 5.75 Å². The molecule has 0 saturated carbocycles. The van der Waals surface area contributed by atoms with Crippen molar-refractivity contribution in [2.75, 3.05) is 6.26 Å². The molecule has 0 amide bonds. The van der Waals surface area contributed by atoms with Crippen LogP contribution in [0.5, 0.6) is 0 Å². The molecule has 2 nitrogen and oxygen atoms in total. The average Bonchev–Trinajstić information content (AvgIpc) is 2.32. The van der Waals surface area contributed by atoms with Crippen molar-refractivity contribution in [1.29, 1.82) is 0 Å². The summed E-state index contributed by atoms with van der Waals surface area (Å²) in [5.41, 5.74) is 1.14. The molecule has 4 heteroatoms. The van der Waals surface area contributed by atoms with Crippen molar-refractivity contribution in [3.63, 3.8) is 0 Å². The van der Waals surface area contributed by atoms with Gasteiger partial charge >= 0.3 is 0 Å². The topological polar surface area (TPSA) is 17.8 Å². The fourth-order valence-corrected chi connectivity index (χ4v) is 2.17. The van der Waals surface area contributed by atoms with Gasteiger partial charge in [-0.3, -0.25) is 0 Å². The van der Waals surface area contributed by atoms with E-state index in [0.717, 1.165) is 16.2 Å². The van der Waals surface area contributed by atoms with Gasteiger partial charge < -0.3 is 4.57 Å². The molecule has 1 aromatic rings. The summed E-state index contributed by atoms with van der Waals surface area (Å²) in [5.74, 6) is 0.984. The molecule has 0 aromatic carbocycles. The lowest BCUT2D eigenvalue weighted by Crippen LogP contribution is -1.98. The number of rotatable bonds is 3. The van der Waals surface area contributed by atoms with E-state index in [-0.39, 0.29) is 0 Å². The molecule has 0 atom stereocenters. The van der Waals surface area contributed by atoms with E-state index >= 15 is 0 Å². The Hall–Kier alpha value is 0.0400. The maximum atomic E-state index is 4.38. The Kier molecular flexibility index (Phi) is 3.65. The third-order valence-electron chi connectivity index (χ3n) is 1.59. The number of hydrogen-bond acceptors (Lipinski definition) is 2. The third-order valence-corrected chi connectivity index (χ3v) is 2.76. The predicted molar refractivity (Wildman–Crippen MR) is 57.5 cm³/mol. The molecule has 12 heavy (non-hydrogen) atoms. The second-order valence-electron chi connectivity index (χ2n) is 2.94. The minimum atomic E-state index is 0.475. The lowest BCUT2D eigenvalue weighted by Gasteiger charge is -2.06. The highest BCUT2D eigenvalue weighted by Crippen LogP contribution is 2.18. The molecule has 0 aliphatic heterocycles. The summed E-state index contributed by atoms with van der Waals surface area (Å²) >= 11 is 5.22. The van der Waals surface area contributed by atoms with E-state index in [4.69, 9.17) is 0 Å². The monoisotopic (exact) mass is 248 g/mol. The van der Waals surface area contributed by atoms with Crippen LogP contribution in [0.2, 0.25) is 0 Å². The zero-order valence-corrected chi connectivity index (χ0v) is 9.94. The second kappa shape index (κ2) is 4.33. The van der Waals surface area contributed by atoms with E-state index < -0.39 is 0 Å². The highest BCUT2D eigenvalue weighted by Gasteiger charge is 2.06. The van der Waals surface area contributed by atoms with Gasteiger partial charge in [-0.2, -0.15) is 11.8 Å². The van der Waals surface area contributed by atoms with E-state index in [2.05, 4.69) is 51.8 Å². The van der Waals surface area contributed by atoms with Gasteiger partial charge in [0, 0.05) is 18.0 Å². The number of halogens is 1. The van der Waals surface area contributed by atoms with Gasteiger partial charge in [0.2, 0.25) is 0 Å². The van der Waals surface area contributed by atoms with Crippen LogP contribution in [0.3, 0.4) is 0 Å². The van der Waals surface area contributed by atoms with E-state index in [1.165, 1.54) is 0 Å². The molecule has 0 spiro atoms. The van der Waals surface area contributed by atoms with Crippen molar-refractivity contribution in [3.8, 4) is 0 Å². The molecule has 0 fully saturated rings. The summed E-state index contributed by atoms with van der Waals surface area (Å²) in [6, 6.07) is 0.475. The molecule has 0 unspecified atom stereocenters. The lowest BCUT2D eigenvalue weighted by molar-refractivity contribution is 0.586. The van der Waals surface area contributed by atoms with E-state index in [0.29, 0.717) is 6.04 Å². The summed E-state index contributed by atoms with van der Waals surface area (Å²) in [6.45, 7) is 4.30. The van der Waals surface area contributed by atoms with Crippen molar-refractivity contribution in [2.24, 2.45) is 0 Å². The maximum Gasteiger partial charge on any atom is 0.177 e. The molecule has 0 aliphatic rings. The number of hydrogen-bond donors (Lipinski definition) is 0. The smallest absolute Gasteiger partial charge is 0.177 e. The molecule has 1 heterocycles. The fraction of sp³-hybridized carbons (Fsp3) is 0.625. The lowest BCUT2D eigenvalue weighted by atomic mass is 10.4. The van der Waals surface area contributed by atoms with Crippen LogP contribution in [0.15, 0.2) is 10.9 Å². The van der Waals surface area contributed by atoms with Crippen LogP contribution in [0, 0.1) is 0 Å². The minimum Gasteiger partial charge on any atom is -0.323 e. The van der Waals surface area contributed by atoms with Crippen LogP contribution in [0.25, 0.3) is 0 Å². The van der Waals surface area contributed by atoms with Crippen LogP contribution in [0.4, 0.5) is 0 Å². The van der Waals surface area contributed by atoms with Gasteiger partial charge in [0.15, 0.2) is 4.73 Å². The average molecular weight is 249 g/mol.